The molecule has 0 aliphatic carbocycles. The zero-order chi connectivity index (χ0) is 11.8. The van der Waals surface area contributed by atoms with Gasteiger partial charge in [0.1, 0.15) is 5.25 Å². The molecule has 0 spiro atoms. The van der Waals surface area contributed by atoms with E-state index in [9.17, 15) is 16.8 Å². The Hall–Kier alpha value is -0.660. The standard InChI is InChI=1S/C9H12NO4S2.ClH/c11-15(12)7-4-9(8-15)16(13,14)10-5-2-1-3-6-10;/h1-3,5-6,9H,4,7-8H2;1H/q+1;/p-1. The van der Waals surface area contributed by atoms with Crippen LogP contribution in [0.15, 0.2) is 30.6 Å². The fourth-order valence-corrected chi connectivity index (χ4v) is 5.96. The lowest BCUT2D eigenvalue weighted by atomic mass is 10.4. The Labute approximate surface area is 107 Å². The van der Waals surface area contributed by atoms with Gasteiger partial charge in [-0.05, 0) is 6.42 Å². The molecule has 2 heterocycles. The largest absolute Gasteiger partial charge is 1.00 e. The van der Waals surface area contributed by atoms with Crippen LogP contribution in [0.4, 0.5) is 0 Å². The average Bonchev–Trinajstić information content (AvgIpc) is 2.61. The van der Waals surface area contributed by atoms with Crippen molar-refractivity contribution < 1.29 is 33.2 Å². The van der Waals surface area contributed by atoms with Crippen molar-refractivity contribution in [2.24, 2.45) is 0 Å². The van der Waals surface area contributed by atoms with E-state index in [1.807, 2.05) is 0 Å². The molecule has 1 atom stereocenters. The minimum Gasteiger partial charge on any atom is -1.00 e. The van der Waals surface area contributed by atoms with Gasteiger partial charge in [-0.2, -0.15) is 8.42 Å². The number of halogens is 1. The first kappa shape index (κ1) is 14.4. The van der Waals surface area contributed by atoms with Crippen molar-refractivity contribution in [1.82, 2.24) is 0 Å². The Morgan fingerprint density at radius 3 is 2.18 bits per heavy atom. The van der Waals surface area contributed by atoms with Crippen molar-refractivity contribution in [1.29, 1.82) is 0 Å². The smallest absolute Gasteiger partial charge is 0.373 e. The molecule has 1 fully saturated rings. The van der Waals surface area contributed by atoms with Crippen molar-refractivity contribution >= 4 is 19.9 Å². The summed E-state index contributed by atoms with van der Waals surface area (Å²) < 4.78 is 47.6. The summed E-state index contributed by atoms with van der Waals surface area (Å²) in [6, 6.07) is 4.90. The molecule has 1 aromatic rings. The molecule has 1 aliphatic rings. The van der Waals surface area contributed by atoms with Crippen LogP contribution in [0, 0.1) is 0 Å². The highest BCUT2D eigenvalue weighted by Crippen LogP contribution is 2.17. The maximum atomic E-state index is 12.0. The highest BCUT2D eigenvalue weighted by molar-refractivity contribution is 7.94. The number of nitrogens with zero attached hydrogens (tertiary/aromatic N) is 1. The predicted molar refractivity (Wildman–Crippen MR) is 58.0 cm³/mol. The van der Waals surface area contributed by atoms with Gasteiger partial charge in [0.05, 0.1) is 11.5 Å². The molecule has 1 aliphatic heterocycles. The second-order valence-electron chi connectivity index (χ2n) is 3.78. The summed E-state index contributed by atoms with van der Waals surface area (Å²) in [5.41, 5.74) is 0. The van der Waals surface area contributed by atoms with Crippen molar-refractivity contribution in [3.8, 4) is 0 Å². The maximum absolute atomic E-state index is 12.0. The Morgan fingerprint density at radius 1 is 1.12 bits per heavy atom. The van der Waals surface area contributed by atoms with Gasteiger partial charge in [0, 0.05) is 12.1 Å². The number of rotatable bonds is 2. The van der Waals surface area contributed by atoms with Crippen LogP contribution >= 0.6 is 0 Å². The third-order valence-electron chi connectivity index (χ3n) is 2.59. The third kappa shape index (κ3) is 2.97. The van der Waals surface area contributed by atoms with Crippen LogP contribution in [-0.4, -0.2) is 33.6 Å². The van der Waals surface area contributed by atoms with E-state index in [4.69, 9.17) is 0 Å². The second kappa shape index (κ2) is 4.91. The molecule has 1 unspecified atom stereocenters. The molecule has 1 saturated heterocycles. The number of aromatic nitrogens is 1. The molecule has 8 heteroatoms. The lowest BCUT2D eigenvalue weighted by molar-refractivity contribution is -0.512. The minimum atomic E-state index is -3.57. The molecular weight excluding hydrogens is 286 g/mol. The molecule has 0 aromatic carbocycles. The van der Waals surface area contributed by atoms with E-state index in [2.05, 4.69) is 0 Å². The summed E-state index contributed by atoms with van der Waals surface area (Å²) in [6.07, 6.45) is 3.02. The van der Waals surface area contributed by atoms with Gasteiger partial charge in [-0.15, -0.1) is 0 Å². The predicted octanol–water partition coefficient (Wildman–Crippen LogP) is -3.66. The van der Waals surface area contributed by atoms with Crippen molar-refractivity contribution in [2.45, 2.75) is 11.7 Å². The van der Waals surface area contributed by atoms with Crippen LogP contribution in [0.5, 0.6) is 0 Å². The van der Waals surface area contributed by atoms with Crippen LogP contribution in [0.2, 0.25) is 0 Å². The molecule has 96 valence electrons. The number of hydrogen-bond donors (Lipinski definition) is 0. The van der Waals surface area contributed by atoms with Gasteiger partial charge in [-0.3, -0.25) is 0 Å². The highest BCUT2D eigenvalue weighted by Gasteiger charge is 2.42. The van der Waals surface area contributed by atoms with Gasteiger partial charge >= 0.3 is 10.0 Å². The molecule has 17 heavy (non-hydrogen) atoms. The van der Waals surface area contributed by atoms with Crippen molar-refractivity contribution in [3.63, 3.8) is 0 Å². The topological polar surface area (TPSA) is 72.2 Å². The van der Waals surface area contributed by atoms with Gasteiger partial charge in [-0.1, -0.05) is 10.0 Å². The average molecular weight is 298 g/mol. The van der Waals surface area contributed by atoms with E-state index in [-0.39, 0.29) is 30.3 Å². The van der Waals surface area contributed by atoms with Gasteiger partial charge < -0.3 is 12.4 Å². The van der Waals surface area contributed by atoms with E-state index >= 15 is 0 Å². The first-order valence-corrected chi connectivity index (χ1v) is 8.15. The van der Waals surface area contributed by atoms with Crippen molar-refractivity contribution in [3.05, 3.63) is 30.6 Å². The monoisotopic (exact) mass is 297 g/mol. The zero-order valence-electron chi connectivity index (χ0n) is 8.86. The van der Waals surface area contributed by atoms with Crippen LogP contribution in [0.3, 0.4) is 0 Å². The second-order valence-corrected chi connectivity index (χ2v) is 8.12. The highest BCUT2D eigenvalue weighted by atomic mass is 35.5. The van der Waals surface area contributed by atoms with Crippen LogP contribution in [0.1, 0.15) is 6.42 Å². The van der Waals surface area contributed by atoms with E-state index in [0.717, 1.165) is 3.97 Å². The lowest BCUT2D eigenvalue weighted by Crippen LogP contribution is -3.00. The molecule has 0 N–H and O–H groups in total. The van der Waals surface area contributed by atoms with Gasteiger partial charge in [0.2, 0.25) is 0 Å². The lowest BCUT2D eigenvalue weighted by Gasteiger charge is -2.03. The zero-order valence-corrected chi connectivity index (χ0v) is 11.2. The Bertz CT molecular complexity index is 583. The molecule has 2 rings (SSSR count). The summed E-state index contributed by atoms with van der Waals surface area (Å²) in [5, 5.41) is -0.815. The van der Waals surface area contributed by atoms with Gasteiger partial charge in [0.25, 0.3) is 0 Å². The molecule has 0 amide bonds. The molecule has 0 bridgehead atoms. The maximum Gasteiger partial charge on any atom is 0.373 e. The Morgan fingerprint density at radius 2 is 1.71 bits per heavy atom. The summed E-state index contributed by atoms with van der Waals surface area (Å²) in [6.45, 7) is 0. The van der Waals surface area contributed by atoms with E-state index in [1.54, 1.807) is 18.2 Å². The Balaban J connectivity index is 0.00000144. The summed E-state index contributed by atoms with van der Waals surface area (Å²) in [4.78, 5) is 0. The molecule has 5 nitrogen and oxygen atoms in total. The van der Waals surface area contributed by atoms with E-state index < -0.39 is 25.1 Å². The van der Waals surface area contributed by atoms with Gasteiger partial charge in [-0.25, -0.2) is 8.42 Å². The number of pyridine rings is 1. The van der Waals surface area contributed by atoms with E-state index in [1.165, 1.54) is 12.4 Å². The fraction of sp³-hybridized carbons (Fsp3) is 0.444. The molecule has 1 aromatic heterocycles. The molecular formula is C9H12ClNO4S2. The minimum absolute atomic E-state index is 0. The van der Waals surface area contributed by atoms with Crippen molar-refractivity contribution in [2.75, 3.05) is 11.5 Å². The molecule has 0 saturated carbocycles. The van der Waals surface area contributed by atoms with Gasteiger partial charge in [0.15, 0.2) is 22.2 Å². The fourth-order valence-electron chi connectivity index (χ4n) is 1.72. The van der Waals surface area contributed by atoms with Crippen LogP contribution in [-0.2, 0) is 19.9 Å². The number of hydrogen-bond acceptors (Lipinski definition) is 4. The number of sulfone groups is 1. The van der Waals surface area contributed by atoms with Crippen LogP contribution < -0.4 is 16.4 Å². The first-order chi connectivity index (χ1) is 7.42. The van der Waals surface area contributed by atoms with E-state index in [0.29, 0.717) is 0 Å². The molecule has 0 radical (unpaired) electrons. The SMILES string of the molecule is O=S1(=O)CCC(S(=O)(=O)[n+]2ccccc2)C1.[Cl-]. The Kier molecular flexibility index (Phi) is 4.16. The summed E-state index contributed by atoms with van der Waals surface area (Å²) in [7, 11) is -6.75. The van der Waals surface area contributed by atoms with Crippen LogP contribution in [0.25, 0.3) is 0 Å². The first-order valence-electron chi connectivity index (χ1n) is 4.83. The summed E-state index contributed by atoms with van der Waals surface area (Å²) >= 11 is 0. The normalized spacial score (nSPS) is 22.9. The third-order valence-corrected chi connectivity index (χ3v) is 6.65. The quantitative estimate of drug-likeness (QED) is 0.528. The summed E-state index contributed by atoms with van der Waals surface area (Å²) in [5.74, 6) is -0.304.